The van der Waals surface area contributed by atoms with Crippen molar-refractivity contribution in [2.45, 2.75) is 72.3 Å². The molecule has 0 unspecified atom stereocenters. The minimum atomic E-state index is -2.70. The van der Waals surface area contributed by atoms with Gasteiger partial charge in [-0.05, 0) is 39.0 Å². The van der Waals surface area contributed by atoms with Crippen LogP contribution in [0.4, 0.5) is 8.78 Å². The van der Waals surface area contributed by atoms with Gasteiger partial charge >= 0.3 is 0 Å². The fraction of sp³-hybridized carbons (Fsp3) is 1.00. The number of ether oxygens (including phenoxy) is 1. The average molecular weight is 236 g/mol. The van der Waals surface area contributed by atoms with Crippen LogP contribution in [-0.4, -0.2) is 18.1 Å². The van der Waals surface area contributed by atoms with Crippen LogP contribution >= 0.6 is 0 Å². The summed E-state index contributed by atoms with van der Waals surface area (Å²) >= 11 is 0. The Labute approximate surface area is 98.6 Å². The Balaban J connectivity index is 3.88. The molecule has 0 N–H and O–H groups in total. The highest BCUT2D eigenvalue weighted by atomic mass is 19.3. The molecule has 0 rings (SSSR count). The van der Waals surface area contributed by atoms with Crippen molar-refractivity contribution in [2.75, 3.05) is 6.61 Å². The van der Waals surface area contributed by atoms with Crippen LogP contribution in [0.1, 0.15) is 60.8 Å². The summed E-state index contributed by atoms with van der Waals surface area (Å²) in [5, 5.41) is 0. The number of hydrogen-bond acceptors (Lipinski definition) is 1. The summed E-state index contributed by atoms with van der Waals surface area (Å²) in [5.74, 6) is -2.70. The lowest BCUT2D eigenvalue weighted by Crippen LogP contribution is -2.30. The van der Waals surface area contributed by atoms with Crippen LogP contribution in [0.3, 0.4) is 0 Å². The molecule has 16 heavy (non-hydrogen) atoms. The number of halogens is 2. The molecule has 3 heteroatoms. The van der Waals surface area contributed by atoms with Gasteiger partial charge in [0.1, 0.15) is 6.61 Å². The maximum atomic E-state index is 13.4. The van der Waals surface area contributed by atoms with Gasteiger partial charge in [-0.1, -0.05) is 20.8 Å². The van der Waals surface area contributed by atoms with Gasteiger partial charge in [0.2, 0.25) is 0 Å². The first-order valence-electron chi connectivity index (χ1n) is 5.93. The van der Waals surface area contributed by atoms with Gasteiger partial charge in [-0.15, -0.1) is 0 Å². The molecule has 0 aliphatic heterocycles. The topological polar surface area (TPSA) is 9.23 Å². The minimum Gasteiger partial charge on any atom is -0.370 e. The fourth-order valence-corrected chi connectivity index (χ4v) is 1.27. The molecule has 0 aliphatic carbocycles. The van der Waals surface area contributed by atoms with Crippen LogP contribution in [0.15, 0.2) is 0 Å². The molecule has 0 saturated carbocycles. The van der Waals surface area contributed by atoms with Gasteiger partial charge in [0.15, 0.2) is 0 Å². The molecule has 0 aromatic heterocycles. The highest BCUT2D eigenvalue weighted by Gasteiger charge is 2.31. The van der Waals surface area contributed by atoms with E-state index >= 15 is 0 Å². The van der Waals surface area contributed by atoms with Gasteiger partial charge in [0.25, 0.3) is 5.92 Å². The zero-order valence-electron chi connectivity index (χ0n) is 11.5. The molecule has 0 amide bonds. The van der Waals surface area contributed by atoms with Crippen molar-refractivity contribution in [2.24, 2.45) is 5.41 Å². The van der Waals surface area contributed by atoms with Crippen LogP contribution in [-0.2, 0) is 4.74 Å². The van der Waals surface area contributed by atoms with E-state index in [-0.39, 0.29) is 11.8 Å². The summed E-state index contributed by atoms with van der Waals surface area (Å²) in [4.78, 5) is 0. The van der Waals surface area contributed by atoms with Crippen molar-refractivity contribution in [1.82, 2.24) is 0 Å². The van der Waals surface area contributed by atoms with E-state index in [1.165, 1.54) is 0 Å². The molecular formula is C13H26F2O. The van der Waals surface area contributed by atoms with Crippen molar-refractivity contribution in [3.8, 4) is 0 Å². The van der Waals surface area contributed by atoms with Crippen LogP contribution < -0.4 is 0 Å². The van der Waals surface area contributed by atoms with Crippen molar-refractivity contribution in [3.63, 3.8) is 0 Å². The van der Waals surface area contributed by atoms with Gasteiger partial charge < -0.3 is 4.74 Å². The predicted molar refractivity (Wildman–Crippen MR) is 64.0 cm³/mol. The van der Waals surface area contributed by atoms with Gasteiger partial charge in [-0.3, -0.25) is 0 Å². The second-order valence-electron chi connectivity index (χ2n) is 6.67. The van der Waals surface area contributed by atoms with Gasteiger partial charge in [-0.25, -0.2) is 8.78 Å². The van der Waals surface area contributed by atoms with E-state index in [1.807, 2.05) is 0 Å². The first kappa shape index (κ1) is 15.8. The van der Waals surface area contributed by atoms with Gasteiger partial charge in [0.05, 0.1) is 5.60 Å². The molecule has 0 aliphatic rings. The van der Waals surface area contributed by atoms with E-state index in [0.29, 0.717) is 6.42 Å². The van der Waals surface area contributed by atoms with Crippen molar-refractivity contribution in [1.29, 1.82) is 0 Å². The number of alkyl halides is 2. The van der Waals surface area contributed by atoms with Gasteiger partial charge in [0, 0.05) is 6.42 Å². The summed E-state index contributed by atoms with van der Waals surface area (Å²) in [6, 6.07) is 0. The summed E-state index contributed by atoms with van der Waals surface area (Å²) in [7, 11) is 0. The zero-order chi connectivity index (χ0) is 13.0. The molecule has 1 nitrogen and oxygen atoms in total. The molecule has 0 saturated heterocycles. The quantitative estimate of drug-likeness (QED) is 0.675. The smallest absolute Gasteiger partial charge is 0.271 e. The SMILES string of the molecule is CC(C)(C)CCCC(F)(F)COC(C)(C)C. The lowest BCUT2D eigenvalue weighted by atomic mass is 9.89. The minimum absolute atomic E-state index is 0.0830. The van der Waals surface area contributed by atoms with E-state index in [0.717, 1.165) is 6.42 Å². The summed E-state index contributed by atoms with van der Waals surface area (Å²) in [6.45, 7) is 11.1. The van der Waals surface area contributed by atoms with E-state index in [9.17, 15) is 8.78 Å². The molecule has 98 valence electrons. The highest BCUT2D eigenvalue weighted by molar-refractivity contribution is 4.71. The lowest BCUT2D eigenvalue weighted by Gasteiger charge is -2.25. The molecule has 0 fully saturated rings. The van der Waals surface area contributed by atoms with Crippen molar-refractivity contribution in [3.05, 3.63) is 0 Å². The maximum Gasteiger partial charge on any atom is 0.271 e. The van der Waals surface area contributed by atoms with Crippen LogP contribution in [0.5, 0.6) is 0 Å². The van der Waals surface area contributed by atoms with Crippen LogP contribution in [0.2, 0.25) is 0 Å². The Hall–Kier alpha value is -0.180. The molecule has 0 spiro atoms. The standard InChI is InChI=1S/C13H26F2O/c1-11(2,3)8-7-9-13(14,15)10-16-12(4,5)6/h7-10H2,1-6H3. The van der Waals surface area contributed by atoms with E-state index < -0.39 is 18.1 Å². The van der Waals surface area contributed by atoms with Crippen LogP contribution in [0.25, 0.3) is 0 Å². The summed E-state index contributed by atoms with van der Waals surface area (Å²) in [6.07, 6.45) is 1.28. The predicted octanol–water partition coefficient (Wildman–Crippen LogP) is 4.65. The first-order valence-corrected chi connectivity index (χ1v) is 5.93. The normalized spacial score (nSPS) is 14.2. The second kappa shape index (κ2) is 5.44. The van der Waals surface area contributed by atoms with Gasteiger partial charge in [-0.2, -0.15) is 0 Å². The van der Waals surface area contributed by atoms with E-state index in [1.54, 1.807) is 20.8 Å². The largest absolute Gasteiger partial charge is 0.370 e. The third-order valence-electron chi connectivity index (χ3n) is 2.19. The van der Waals surface area contributed by atoms with Crippen molar-refractivity contribution < 1.29 is 13.5 Å². The lowest BCUT2D eigenvalue weighted by molar-refractivity contribution is -0.126. The van der Waals surface area contributed by atoms with Crippen molar-refractivity contribution >= 4 is 0 Å². The van der Waals surface area contributed by atoms with E-state index in [2.05, 4.69) is 20.8 Å². The van der Waals surface area contributed by atoms with Crippen LogP contribution in [0, 0.1) is 5.41 Å². The molecule has 0 aromatic rings. The highest BCUT2D eigenvalue weighted by Crippen LogP contribution is 2.28. The number of rotatable bonds is 5. The Morgan fingerprint density at radius 1 is 0.875 bits per heavy atom. The molecule has 0 bridgehead atoms. The Kier molecular flexibility index (Phi) is 5.37. The fourth-order valence-electron chi connectivity index (χ4n) is 1.27. The Bertz CT molecular complexity index is 199. The maximum absolute atomic E-state index is 13.4. The second-order valence-corrected chi connectivity index (χ2v) is 6.67. The Morgan fingerprint density at radius 2 is 1.38 bits per heavy atom. The molecule has 0 radical (unpaired) electrons. The zero-order valence-corrected chi connectivity index (χ0v) is 11.5. The summed E-state index contributed by atoms with van der Waals surface area (Å²) < 4.78 is 31.9. The first-order chi connectivity index (χ1) is 6.91. The molecule has 0 heterocycles. The molecule has 0 aromatic carbocycles. The Morgan fingerprint density at radius 3 is 1.75 bits per heavy atom. The van der Waals surface area contributed by atoms with E-state index in [4.69, 9.17) is 4.74 Å². The molecular weight excluding hydrogens is 210 g/mol. The third-order valence-corrected chi connectivity index (χ3v) is 2.19. The summed E-state index contributed by atoms with van der Waals surface area (Å²) in [5.41, 5.74) is -0.367. The third kappa shape index (κ3) is 10.3. The average Bonchev–Trinajstić information content (AvgIpc) is 1.97. The molecule has 0 atom stereocenters. The monoisotopic (exact) mass is 236 g/mol. The number of hydrogen-bond donors (Lipinski definition) is 0.